The minimum absolute atomic E-state index is 0.0742. The molecule has 2 rings (SSSR count). The van der Waals surface area contributed by atoms with E-state index in [1.165, 1.54) is 11.8 Å². The molecule has 6 nitrogen and oxygen atoms in total. The number of nitrogens with two attached hydrogens (primary N) is 1. The molecule has 0 aliphatic rings. The van der Waals surface area contributed by atoms with Crippen LogP contribution in [0.3, 0.4) is 0 Å². The number of hydrogen-bond acceptors (Lipinski definition) is 5. The Kier molecular flexibility index (Phi) is 4.86. The van der Waals surface area contributed by atoms with Gasteiger partial charge < -0.3 is 11.1 Å². The zero-order chi connectivity index (χ0) is 14.5. The van der Waals surface area contributed by atoms with Gasteiger partial charge in [0, 0.05) is 29.9 Å². The van der Waals surface area contributed by atoms with Crippen LogP contribution in [0.2, 0.25) is 5.02 Å². The van der Waals surface area contributed by atoms with Crippen LogP contribution in [-0.2, 0) is 11.8 Å². The van der Waals surface area contributed by atoms with Crippen LogP contribution in [0.4, 0.5) is 11.6 Å². The molecule has 0 saturated carbocycles. The number of aromatic nitrogens is 3. The third kappa shape index (κ3) is 3.88. The molecule has 1 amide bonds. The Morgan fingerprint density at radius 3 is 2.95 bits per heavy atom. The van der Waals surface area contributed by atoms with E-state index in [2.05, 4.69) is 15.5 Å². The maximum atomic E-state index is 11.8. The highest BCUT2D eigenvalue weighted by atomic mass is 35.5. The van der Waals surface area contributed by atoms with E-state index in [9.17, 15) is 4.79 Å². The maximum absolute atomic E-state index is 11.8. The third-order valence-corrected chi connectivity index (χ3v) is 3.79. The summed E-state index contributed by atoms with van der Waals surface area (Å²) in [5, 5.41) is 11.7. The number of amides is 1. The second kappa shape index (κ2) is 6.62. The molecule has 1 aromatic carbocycles. The monoisotopic (exact) mass is 311 g/mol. The van der Waals surface area contributed by atoms with Crippen molar-refractivity contribution in [3.63, 3.8) is 0 Å². The van der Waals surface area contributed by atoms with Crippen molar-refractivity contribution in [3.8, 4) is 0 Å². The summed E-state index contributed by atoms with van der Waals surface area (Å²) < 4.78 is 1.68. The van der Waals surface area contributed by atoms with E-state index in [4.69, 9.17) is 17.3 Å². The van der Waals surface area contributed by atoms with Gasteiger partial charge >= 0.3 is 0 Å². The maximum Gasteiger partial charge on any atom is 0.225 e. The van der Waals surface area contributed by atoms with Crippen molar-refractivity contribution in [2.75, 3.05) is 16.8 Å². The van der Waals surface area contributed by atoms with Crippen molar-refractivity contribution in [1.82, 2.24) is 14.8 Å². The Bertz CT molecular complexity index is 616. The van der Waals surface area contributed by atoms with Gasteiger partial charge in [-0.1, -0.05) is 29.4 Å². The third-order valence-electron chi connectivity index (χ3n) is 2.54. The van der Waals surface area contributed by atoms with Crippen LogP contribution in [0.1, 0.15) is 6.42 Å². The number of nitrogens with zero attached hydrogens (tertiary/aromatic N) is 3. The molecule has 20 heavy (non-hydrogen) atoms. The van der Waals surface area contributed by atoms with Gasteiger partial charge in [-0.25, -0.2) is 0 Å². The van der Waals surface area contributed by atoms with Crippen molar-refractivity contribution in [2.24, 2.45) is 7.05 Å². The molecule has 0 atom stereocenters. The molecule has 3 N–H and O–H groups in total. The Morgan fingerprint density at radius 1 is 1.50 bits per heavy atom. The first kappa shape index (κ1) is 14.7. The van der Waals surface area contributed by atoms with E-state index in [0.29, 0.717) is 34.0 Å². The molecule has 8 heteroatoms. The van der Waals surface area contributed by atoms with Crippen LogP contribution < -0.4 is 11.1 Å². The minimum atomic E-state index is -0.0742. The predicted octanol–water partition coefficient (Wildman–Crippen LogP) is 2.17. The number of thioether (sulfide) groups is 1. The summed E-state index contributed by atoms with van der Waals surface area (Å²) in [6.45, 7) is 0. The van der Waals surface area contributed by atoms with Crippen molar-refractivity contribution in [3.05, 3.63) is 29.3 Å². The number of benzene rings is 1. The van der Waals surface area contributed by atoms with E-state index in [1.807, 2.05) is 0 Å². The molecule has 0 fully saturated rings. The molecule has 0 unspecified atom stereocenters. The number of hydrogen-bond donors (Lipinski definition) is 2. The number of halogens is 1. The molecule has 0 saturated heterocycles. The summed E-state index contributed by atoms with van der Waals surface area (Å²) in [5.41, 5.74) is 6.26. The first-order chi connectivity index (χ1) is 9.56. The van der Waals surface area contributed by atoms with Crippen LogP contribution in [0.25, 0.3) is 0 Å². The molecule has 0 spiro atoms. The molecule has 0 aliphatic carbocycles. The summed E-state index contributed by atoms with van der Waals surface area (Å²) in [6, 6.07) is 7.04. The summed E-state index contributed by atoms with van der Waals surface area (Å²) in [7, 11) is 1.78. The summed E-state index contributed by atoms with van der Waals surface area (Å²) in [6.07, 6.45) is 0.365. The highest BCUT2D eigenvalue weighted by Gasteiger charge is 2.08. The molecular weight excluding hydrogens is 298 g/mol. The summed E-state index contributed by atoms with van der Waals surface area (Å²) in [4.78, 5) is 11.8. The lowest BCUT2D eigenvalue weighted by molar-refractivity contribution is -0.115. The van der Waals surface area contributed by atoms with Crippen LogP contribution in [0.5, 0.6) is 0 Å². The van der Waals surface area contributed by atoms with Crippen LogP contribution in [0, 0.1) is 0 Å². The zero-order valence-electron chi connectivity index (χ0n) is 10.8. The minimum Gasteiger partial charge on any atom is -0.368 e. The second-order valence-electron chi connectivity index (χ2n) is 4.06. The lowest BCUT2D eigenvalue weighted by Crippen LogP contribution is -2.12. The van der Waals surface area contributed by atoms with Crippen molar-refractivity contribution in [1.29, 1.82) is 0 Å². The van der Waals surface area contributed by atoms with Crippen LogP contribution in [-0.4, -0.2) is 26.4 Å². The highest BCUT2D eigenvalue weighted by molar-refractivity contribution is 7.99. The number of nitrogens with one attached hydrogen (secondary N) is 1. The fourth-order valence-electron chi connectivity index (χ4n) is 1.48. The zero-order valence-corrected chi connectivity index (χ0v) is 12.4. The molecular formula is C12H14ClN5OS. The first-order valence-corrected chi connectivity index (χ1v) is 7.25. The lowest BCUT2D eigenvalue weighted by Gasteiger charge is -2.05. The predicted molar refractivity (Wildman–Crippen MR) is 80.8 cm³/mol. The molecule has 0 radical (unpaired) electrons. The van der Waals surface area contributed by atoms with Gasteiger partial charge in [0.25, 0.3) is 0 Å². The van der Waals surface area contributed by atoms with E-state index in [1.54, 1.807) is 35.9 Å². The molecule has 1 heterocycles. The summed E-state index contributed by atoms with van der Waals surface area (Å²) >= 11 is 7.28. The SMILES string of the molecule is Cn1c(N)nnc1SCCC(=O)Nc1cccc(Cl)c1. The quantitative estimate of drug-likeness (QED) is 0.827. The largest absolute Gasteiger partial charge is 0.368 e. The fraction of sp³-hybridized carbons (Fsp3) is 0.250. The molecule has 106 valence electrons. The average Bonchev–Trinajstić information content (AvgIpc) is 2.71. The fourth-order valence-corrected chi connectivity index (χ4v) is 2.52. The van der Waals surface area contributed by atoms with Gasteiger partial charge in [0.2, 0.25) is 11.9 Å². The van der Waals surface area contributed by atoms with Gasteiger partial charge in [0.15, 0.2) is 5.16 Å². The van der Waals surface area contributed by atoms with Crippen LogP contribution in [0.15, 0.2) is 29.4 Å². The molecule has 0 bridgehead atoms. The molecule has 2 aromatic rings. The van der Waals surface area contributed by atoms with E-state index in [0.717, 1.165) is 0 Å². The standard InChI is InChI=1S/C12H14ClN5OS/c1-18-11(14)16-17-12(18)20-6-5-10(19)15-9-4-2-3-8(13)7-9/h2-4,7H,5-6H2,1H3,(H2,14,16)(H,15,19). The highest BCUT2D eigenvalue weighted by Crippen LogP contribution is 2.18. The number of rotatable bonds is 5. The van der Waals surface area contributed by atoms with E-state index in [-0.39, 0.29) is 5.91 Å². The number of anilines is 2. The van der Waals surface area contributed by atoms with Gasteiger partial charge in [0.05, 0.1) is 0 Å². The molecule has 0 aliphatic heterocycles. The smallest absolute Gasteiger partial charge is 0.225 e. The van der Waals surface area contributed by atoms with Gasteiger partial charge in [-0.15, -0.1) is 10.2 Å². The van der Waals surface area contributed by atoms with Gasteiger partial charge in [0.1, 0.15) is 0 Å². The van der Waals surface area contributed by atoms with Crippen molar-refractivity contribution in [2.45, 2.75) is 11.6 Å². The number of carbonyl (C=O) groups is 1. The Labute approximate surface area is 125 Å². The lowest BCUT2D eigenvalue weighted by atomic mass is 10.3. The number of nitrogen functional groups attached to an aromatic ring is 1. The normalized spacial score (nSPS) is 10.5. The van der Waals surface area contributed by atoms with Gasteiger partial charge in [-0.05, 0) is 18.2 Å². The summed E-state index contributed by atoms with van der Waals surface area (Å²) in [5.74, 6) is 0.879. The topological polar surface area (TPSA) is 85.8 Å². The average molecular weight is 312 g/mol. The number of carbonyl (C=O) groups excluding carboxylic acids is 1. The van der Waals surface area contributed by atoms with Crippen LogP contribution >= 0.6 is 23.4 Å². The Hall–Kier alpha value is -1.73. The van der Waals surface area contributed by atoms with Crippen molar-refractivity contribution < 1.29 is 4.79 Å². The van der Waals surface area contributed by atoms with E-state index < -0.39 is 0 Å². The van der Waals surface area contributed by atoms with Crippen molar-refractivity contribution >= 4 is 40.9 Å². The Balaban J connectivity index is 1.80. The van der Waals surface area contributed by atoms with Gasteiger partial charge in [-0.3, -0.25) is 9.36 Å². The second-order valence-corrected chi connectivity index (χ2v) is 5.56. The molecule has 1 aromatic heterocycles. The van der Waals surface area contributed by atoms with Gasteiger partial charge in [-0.2, -0.15) is 0 Å². The first-order valence-electron chi connectivity index (χ1n) is 5.89. The Morgan fingerprint density at radius 2 is 2.30 bits per heavy atom. The van der Waals surface area contributed by atoms with E-state index >= 15 is 0 Å².